The van der Waals surface area contributed by atoms with E-state index < -0.39 is 27.7 Å². The number of carbonyl (C=O) groups is 2. The van der Waals surface area contributed by atoms with Crippen LogP contribution >= 0.6 is 12.4 Å². The van der Waals surface area contributed by atoms with E-state index in [1.807, 2.05) is 42.4 Å². The molecule has 3 fully saturated rings. The third-order valence-corrected chi connectivity index (χ3v) is 12.2. The maximum atomic E-state index is 14.0. The summed E-state index contributed by atoms with van der Waals surface area (Å²) in [5, 5.41) is 19.1. The van der Waals surface area contributed by atoms with Gasteiger partial charge in [0.05, 0.1) is 22.4 Å². The number of aliphatic hydroxyl groups excluding tert-OH is 1. The summed E-state index contributed by atoms with van der Waals surface area (Å²) in [4.78, 5) is 34.1. The van der Waals surface area contributed by atoms with Crippen LogP contribution in [0, 0.1) is 19.8 Å². The van der Waals surface area contributed by atoms with Crippen molar-refractivity contribution in [2.75, 3.05) is 46.8 Å². The lowest BCUT2D eigenvalue weighted by atomic mass is 9.78. The minimum atomic E-state index is -3.61. The number of nitrogens with zero attached hydrogens (tertiary/aromatic N) is 5. The average molecular weight is 722 g/mol. The van der Waals surface area contributed by atoms with Gasteiger partial charge in [0.2, 0.25) is 21.8 Å². The lowest BCUT2D eigenvalue weighted by Crippen LogP contribution is -2.75. The maximum absolute atomic E-state index is 14.0. The van der Waals surface area contributed by atoms with Gasteiger partial charge in [-0.05, 0) is 90.2 Å². The molecule has 1 aliphatic carbocycles. The third kappa shape index (κ3) is 8.50. The molecule has 1 aromatic heterocycles. The molecule has 3 N–H and O–H groups in total. The molecule has 3 heterocycles. The van der Waals surface area contributed by atoms with Gasteiger partial charge in [-0.2, -0.15) is 5.10 Å². The summed E-state index contributed by atoms with van der Waals surface area (Å²) in [5.41, 5.74) is 2.84. The predicted octanol–water partition coefficient (Wildman–Crippen LogP) is 3.15. The summed E-state index contributed by atoms with van der Waals surface area (Å²) in [6.07, 6.45) is 7.00. The molecule has 1 spiro atoms. The van der Waals surface area contributed by atoms with Gasteiger partial charge in [0.15, 0.2) is 0 Å². The molecule has 2 saturated heterocycles. The van der Waals surface area contributed by atoms with E-state index in [4.69, 9.17) is 5.10 Å². The molecule has 2 atom stereocenters. The van der Waals surface area contributed by atoms with Gasteiger partial charge in [-0.3, -0.25) is 14.5 Å². The molecule has 2 aromatic rings. The molecule has 49 heavy (non-hydrogen) atoms. The van der Waals surface area contributed by atoms with E-state index in [1.165, 1.54) is 0 Å². The molecule has 12 nitrogen and oxygen atoms in total. The number of carbonyl (C=O) groups excluding carboxylic acids is 2. The number of nitrogens with one attached hydrogen (secondary N) is 2. The van der Waals surface area contributed by atoms with Gasteiger partial charge in [0, 0.05) is 50.5 Å². The number of piperidine rings is 1. The van der Waals surface area contributed by atoms with E-state index in [0.29, 0.717) is 52.1 Å². The summed E-state index contributed by atoms with van der Waals surface area (Å²) in [5.74, 6) is -0.215. The largest absolute Gasteiger partial charge is 0.390 e. The molecule has 14 heteroatoms. The molecule has 1 saturated carbocycles. The number of amides is 2. The third-order valence-electron chi connectivity index (χ3n) is 10.7. The van der Waals surface area contributed by atoms with Crippen LogP contribution in [-0.2, 0) is 26.2 Å². The molecular formula is C35H56ClN7O5S. The Labute approximate surface area is 298 Å². The summed E-state index contributed by atoms with van der Waals surface area (Å²) >= 11 is 0. The first-order valence-electron chi connectivity index (χ1n) is 17.7. The van der Waals surface area contributed by atoms with Crippen LogP contribution in [0.25, 0.3) is 5.69 Å². The Morgan fingerprint density at radius 2 is 1.73 bits per heavy atom. The van der Waals surface area contributed by atoms with Crippen LogP contribution < -0.4 is 10.0 Å². The molecule has 2 aliphatic heterocycles. The standard InChI is InChI=1S/C35H55N7O5S.ClH/c1-6-7-20-41-33(44)31(32(43)27-11-9-8-10-12-27)37-34(45)35(41)17-21-40(22-18-35)24-30-25(2)38-42(26(30)3)28-13-15-29(16-14-28)48(46,47)36-19-23-39(4)5;/h13-16,27,31-32,36,43H,6-12,17-24H2,1-5H3,(H,37,45);1H/t31-,32-;/m1./s1. The number of unbranched alkanes of at least 4 members (excludes halogenated alkanes) is 1. The van der Waals surface area contributed by atoms with Gasteiger partial charge in [-0.25, -0.2) is 17.8 Å². The second-order valence-electron chi connectivity index (χ2n) is 14.2. The number of likely N-dealkylation sites (tertiary alicyclic amines) is 1. The SMILES string of the molecule is CCCCN1C(=O)[C@@H]([C@H](O)C2CCCCC2)NC(=O)C12CCN(Cc1c(C)nn(-c3ccc(S(=O)(=O)NCCN(C)C)cc3)c1C)CC2.Cl. The monoisotopic (exact) mass is 721 g/mol. The van der Waals surface area contributed by atoms with Crippen molar-refractivity contribution >= 4 is 34.2 Å². The zero-order valence-corrected chi connectivity index (χ0v) is 31.4. The van der Waals surface area contributed by atoms with Crippen LogP contribution in [0.1, 0.15) is 81.7 Å². The fourth-order valence-electron chi connectivity index (χ4n) is 7.67. The highest BCUT2D eigenvalue weighted by molar-refractivity contribution is 7.89. The number of halogens is 1. The van der Waals surface area contributed by atoms with E-state index >= 15 is 0 Å². The summed E-state index contributed by atoms with van der Waals surface area (Å²) in [6, 6.07) is 5.89. The summed E-state index contributed by atoms with van der Waals surface area (Å²) in [7, 11) is 0.184. The number of aliphatic hydroxyl groups is 1. The minimum Gasteiger partial charge on any atom is -0.390 e. The van der Waals surface area contributed by atoms with Crippen LogP contribution in [0.4, 0.5) is 0 Å². The van der Waals surface area contributed by atoms with Crippen LogP contribution in [0.5, 0.6) is 0 Å². The molecule has 0 unspecified atom stereocenters. The van der Waals surface area contributed by atoms with Gasteiger partial charge in [0.1, 0.15) is 11.6 Å². The smallest absolute Gasteiger partial charge is 0.248 e. The first kappa shape index (κ1) is 39.2. The number of hydrogen-bond acceptors (Lipinski definition) is 8. The average Bonchev–Trinajstić information content (AvgIpc) is 3.35. The Hall–Kier alpha value is -2.55. The highest BCUT2D eigenvalue weighted by atomic mass is 35.5. The lowest BCUT2D eigenvalue weighted by molar-refractivity contribution is -0.166. The summed E-state index contributed by atoms with van der Waals surface area (Å²) in [6.45, 7) is 9.50. The number of piperazine rings is 1. The van der Waals surface area contributed by atoms with Crippen molar-refractivity contribution in [3.8, 4) is 5.69 Å². The number of benzene rings is 1. The van der Waals surface area contributed by atoms with Crippen LogP contribution in [-0.4, -0.2) is 114 Å². The van der Waals surface area contributed by atoms with Crippen molar-refractivity contribution in [1.29, 1.82) is 0 Å². The van der Waals surface area contributed by atoms with E-state index in [2.05, 4.69) is 21.9 Å². The van der Waals surface area contributed by atoms with E-state index in [0.717, 1.165) is 67.6 Å². The topological polar surface area (TPSA) is 140 Å². The fraction of sp³-hybridized carbons (Fsp3) is 0.686. The van der Waals surface area contributed by atoms with E-state index in [9.17, 15) is 23.1 Å². The lowest BCUT2D eigenvalue weighted by Gasteiger charge is -2.52. The van der Waals surface area contributed by atoms with Crippen molar-refractivity contribution in [2.24, 2.45) is 5.92 Å². The Balaban J connectivity index is 0.00000541. The number of likely N-dealkylation sites (N-methyl/N-ethyl adjacent to an activating group) is 1. The number of rotatable bonds is 13. The second-order valence-corrected chi connectivity index (χ2v) is 16.0. The number of aryl methyl sites for hydroxylation is 1. The highest BCUT2D eigenvalue weighted by Crippen LogP contribution is 2.37. The first-order valence-corrected chi connectivity index (χ1v) is 19.2. The van der Waals surface area contributed by atoms with Crippen molar-refractivity contribution in [1.82, 2.24) is 34.5 Å². The molecule has 274 valence electrons. The molecule has 0 bridgehead atoms. The van der Waals surface area contributed by atoms with Crippen molar-refractivity contribution in [2.45, 2.75) is 108 Å². The van der Waals surface area contributed by atoms with Crippen LogP contribution in [0.3, 0.4) is 0 Å². The quantitative estimate of drug-likeness (QED) is 0.287. The molecule has 5 rings (SSSR count). The molecule has 1 aromatic carbocycles. The first-order chi connectivity index (χ1) is 22.9. The van der Waals surface area contributed by atoms with Crippen LogP contribution in [0.15, 0.2) is 29.2 Å². The van der Waals surface area contributed by atoms with Crippen molar-refractivity contribution in [3.05, 3.63) is 41.2 Å². The highest BCUT2D eigenvalue weighted by Gasteiger charge is 2.55. The van der Waals surface area contributed by atoms with Gasteiger partial charge < -0.3 is 20.2 Å². The Kier molecular flexibility index (Phi) is 13.3. The van der Waals surface area contributed by atoms with Crippen molar-refractivity contribution < 1.29 is 23.1 Å². The van der Waals surface area contributed by atoms with E-state index in [1.54, 1.807) is 24.3 Å². The van der Waals surface area contributed by atoms with E-state index in [-0.39, 0.29) is 35.0 Å². The molecule has 3 aliphatic rings. The predicted molar refractivity (Wildman–Crippen MR) is 192 cm³/mol. The minimum absolute atomic E-state index is 0. The second kappa shape index (κ2) is 16.6. The van der Waals surface area contributed by atoms with Crippen molar-refractivity contribution in [3.63, 3.8) is 0 Å². The normalized spacial score (nSPS) is 21.2. The van der Waals surface area contributed by atoms with Gasteiger partial charge >= 0.3 is 0 Å². The zero-order chi connectivity index (χ0) is 34.6. The van der Waals surface area contributed by atoms with Crippen LogP contribution in [0.2, 0.25) is 0 Å². The van der Waals surface area contributed by atoms with Gasteiger partial charge in [-0.1, -0.05) is 32.6 Å². The zero-order valence-electron chi connectivity index (χ0n) is 29.8. The Morgan fingerprint density at radius 3 is 2.35 bits per heavy atom. The number of hydrogen-bond donors (Lipinski definition) is 3. The maximum Gasteiger partial charge on any atom is 0.248 e. The summed E-state index contributed by atoms with van der Waals surface area (Å²) < 4.78 is 29.9. The fourth-order valence-corrected chi connectivity index (χ4v) is 8.69. The Bertz CT molecular complexity index is 1530. The molecule has 0 radical (unpaired) electrons. The molecular weight excluding hydrogens is 666 g/mol. The number of sulfonamides is 1. The number of aromatic nitrogens is 2. The Morgan fingerprint density at radius 1 is 1.08 bits per heavy atom. The molecule has 2 amide bonds. The van der Waals surface area contributed by atoms with Gasteiger partial charge in [-0.15, -0.1) is 12.4 Å². The van der Waals surface area contributed by atoms with Gasteiger partial charge in [0.25, 0.3) is 0 Å².